The summed E-state index contributed by atoms with van der Waals surface area (Å²) in [6.45, 7) is 3.39. The smallest absolute Gasteiger partial charge is 0.352 e. The monoisotopic (exact) mass is 460 g/mol. The summed E-state index contributed by atoms with van der Waals surface area (Å²) in [6, 6.07) is 12.4. The predicted molar refractivity (Wildman–Crippen MR) is 120 cm³/mol. The molecule has 0 aromatic heterocycles. The van der Waals surface area contributed by atoms with Crippen molar-refractivity contribution in [2.75, 3.05) is 26.1 Å². The van der Waals surface area contributed by atoms with Gasteiger partial charge in [-0.05, 0) is 48.4 Å². The molecular formula is C23H25ClN2O6. The lowest BCUT2D eigenvalue weighted by molar-refractivity contribution is -0.222. The Bertz CT molecular complexity index is 1010. The summed E-state index contributed by atoms with van der Waals surface area (Å²) < 4.78 is 21.1. The fraction of sp³-hybridized carbons (Fsp3) is 0.304. The van der Waals surface area contributed by atoms with Gasteiger partial charge in [0.1, 0.15) is 5.82 Å². The van der Waals surface area contributed by atoms with Crippen molar-refractivity contribution in [2.45, 2.75) is 26.1 Å². The first kappa shape index (κ1) is 23.3. The molecule has 170 valence electrons. The second-order valence-electron chi connectivity index (χ2n) is 7.43. The Morgan fingerprint density at radius 1 is 0.969 bits per heavy atom. The van der Waals surface area contributed by atoms with Gasteiger partial charge in [-0.25, -0.2) is 9.59 Å². The van der Waals surface area contributed by atoms with E-state index in [1.807, 2.05) is 18.2 Å². The highest BCUT2D eigenvalue weighted by Gasteiger charge is 2.41. The zero-order valence-electron chi connectivity index (χ0n) is 18.3. The van der Waals surface area contributed by atoms with E-state index in [4.69, 9.17) is 30.5 Å². The fourth-order valence-corrected chi connectivity index (χ4v) is 3.22. The minimum atomic E-state index is -1.33. The average molecular weight is 461 g/mol. The third-order valence-electron chi connectivity index (χ3n) is 4.61. The highest BCUT2D eigenvalue weighted by atomic mass is 35.5. The van der Waals surface area contributed by atoms with Gasteiger partial charge in [0.25, 0.3) is 5.79 Å². The van der Waals surface area contributed by atoms with Crippen LogP contribution in [0.25, 0.3) is 0 Å². The largest absolute Gasteiger partial charge is 0.493 e. The number of carbonyl (C=O) groups is 2. The van der Waals surface area contributed by atoms with Gasteiger partial charge in [0.05, 0.1) is 14.2 Å². The average Bonchev–Trinajstić information content (AvgIpc) is 2.73. The van der Waals surface area contributed by atoms with Crippen LogP contribution in [0.3, 0.4) is 0 Å². The Balaban J connectivity index is 1.82. The number of ether oxygens (including phenoxy) is 4. The van der Waals surface area contributed by atoms with E-state index < -0.39 is 17.7 Å². The zero-order valence-corrected chi connectivity index (χ0v) is 19.0. The number of nitrogens with one attached hydrogen (secondary N) is 2. The van der Waals surface area contributed by atoms with E-state index in [1.54, 1.807) is 38.5 Å². The summed E-state index contributed by atoms with van der Waals surface area (Å²) in [4.78, 5) is 25.2. The number of halogens is 1. The molecule has 0 atom stereocenters. The molecule has 0 saturated carbocycles. The first-order chi connectivity index (χ1) is 15.2. The van der Waals surface area contributed by atoms with Crippen molar-refractivity contribution in [1.82, 2.24) is 5.32 Å². The summed E-state index contributed by atoms with van der Waals surface area (Å²) >= 11 is 5.95. The standard InChI is InChI=1S/C23H25ClN2O6/c1-23(2)31-21(27)19(22(28)32-23)20(26-16-8-6-15(24)7-9-16)25-12-11-14-5-10-17(29-3)18(13-14)30-4/h5-10,13,25-26H,11-12H2,1-4H3. The number of cyclic esters (lactones) is 2. The van der Waals surface area contributed by atoms with E-state index in [2.05, 4.69) is 10.6 Å². The van der Waals surface area contributed by atoms with Gasteiger partial charge in [-0.1, -0.05) is 17.7 Å². The van der Waals surface area contributed by atoms with Gasteiger partial charge >= 0.3 is 11.9 Å². The van der Waals surface area contributed by atoms with Gasteiger partial charge in [0, 0.05) is 31.1 Å². The first-order valence-corrected chi connectivity index (χ1v) is 10.3. The number of anilines is 1. The molecule has 32 heavy (non-hydrogen) atoms. The van der Waals surface area contributed by atoms with Crippen LogP contribution in [0.15, 0.2) is 53.9 Å². The Kier molecular flexibility index (Phi) is 7.15. The van der Waals surface area contributed by atoms with Crippen LogP contribution in [0, 0.1) is 0 Å². The molecule has 9 heteroatoms. The first-order valence-electron chi connectivity index (χ1n) is 9.90. The molecule has 2 N–H and O–H groups in total. The van der Waals surface area contributed by atoms with Crippen molar-refractivity contribution in [3.63, 3.8) is 0 Å². The molecule has 2 aromatic rings. The zero-order chi connectivity index (χ0) is 23.3. The van der Waals surface area contributed by atoms with Gasteiger partial charge in [-0.3, -0.25) is 0 Å². The van der Waals surface area contributed by atoms with Crippen LogP contribution in [-0.4, -0.2) is 38.5 Å². The maximum Gasteiger partial charge on any atom is 0.352 e. The molecule has 0 unspecified atom stereocenters. The minimum Gasteiger partial charge on any atom is -0.493 e. The summed E-state index contributed by atoms with van der Waals surface area (Å²) in [5, 5.41) is 6.73. The van der Waals surface area contributed by atoms with Crippen LogP contribution < -0.4 is 20.1 Å². The molecule has 1 heterocycles. The maximum absolute atomic E-state index is 12.6. The molecule has 8 nitrogen and oxygen atoms in total. The summed E-state index contributed by atoms with van der Waals surface area (Å²) in [5.74, 6) is -1.46. The van der Waals surface area contributed by atoms with Crippen LogP contribution in [0.5, 0.6) is 11.5 Å². The number of hydrogen-bond acceptors (Lipinski definition) is 8. The molecule has 0 aliphatic carbocycles. The van der Waals surface area contributed by atoms with E-state index in [1.165, 1.54) is 13.8 Å². The van der Waals surface area contributed by atoms with Gasteiger partial charge in [-0.2, -0.15) is 0 Å². The Morgan fingerprint density at radius 2 is 1.59 bits per heavy atom. The summed E-state index contributed by atoms with van der Waals surface area (Å²) in [6.07, 6.45) is 0.578. The van der Waals surface area contributed by atoms with E-state index in [0.717, 1.165) is 5.56 Å². The molecule has 3 rings (SSSR count). The number of rotatable bonds is 8. The SMILES string of the molecule is COc1ccc(CCNC(Nc2ccc(Cl)cc2)=C2C(=O)OC(C)(C)OC2=O)cc1OC. The third-order valence-corrected chi connectivity index (χ3v) is 4.86. The van der Waals surface area contributed by atoms with Crippen LogP contribution in [0.4, 0.5) is 5.69 Å². The Morgan fingerprint density at radius 3 is 2.19 bits per heavy atom. The summed E-state index contributed by atoms with van der Waals surface area (Å²) in [7, 11) is 3.14. The number of benzene rings is 2. The van der Waals surface area contributed by atoms with E-state index >= 15 is 0 Å². The molecule has 0 bridgehead atoms. The Labute approximate surface area is 191 Å². The number of methoxy groups -OCH3 is 2. The highest BCUT2D eigenvalue weighted by molar-refractivity contribution is 6.30. The molecular weight excluding hydrogens is 436 g/mol. The number of hydrogen-bond donors (Lipinski definition) is 2. The van der Waals surface area contributed by atoms with E-state index in [9.17, 15) is 9.59 Å². The lowest BCUT2D eigenvalue weighted by Gasteiger charge is -2.31. The van der Waals surface area contributed by atoms with Crippen molar-refractivity contribution < 1.29 is 28.5 Å². The summed E-state index contributed by atoms with van der Waals surface area (Å²) in [5.41, 5.74) is 1.36. The quantitative estimate of drug-likeness (QED) is 0.350. The van der Waals surface area contributed by atoms with Crippen LogP contribution >= 0.6 is 11.6 Å². The molecule has 0 amide bonds. The molecule has 0 radical (unpaired) electrons. The Hall–Kier alpha value is -3.39. The minimum absolute atomic E-state index is 0.179. The van der Waals surface area contributed by atoms with Crippen LogP contribution in [-0.2, 0) is 25.5 Å². The van der Waals surface area contributed by atoms with E-state index in [-0.39, 0.29) is 11.4 Å². The second-order valence-corrected chi connectivity index (χ2v) is 7.86. The maximum atomic E-state index is 12.6. The van der Waals surface area contributed by atoms with Crippen LogP contribution in [0.2, 0.25) is 5.02 Å². The van der Waals surface area contributed by atoms with Crippen LogP contribution in [0.1, 0.15) is 19.4 Å². The van der Waals surface area contributed by atoms with Gasteiger partial charge in [0.2, 0.25) is 0 Å². The molecule has 1 saturated heterocycles. The normalized spacial score (nSPS) is 14.8. The molecule has 1 aliphatic rings. The van der Waals surface area contributed by atoms with Gasteiger partial charge in [0.15, 0.2) is 17.1 Å². The topological polar surface area (TPSA) is 95.1 Å². The van der Waals surface area contributed by atoms with Crippen molar-refractivity contribution in [1.29, 1.82) is 0 Å². The number of esters is 2. The number of carbonyl (C=O) groups excluding carboxylic acids is 2. The third kappa shape index (κ3) is 5.64. The van der Waals surface area contributed by atoms with Crippen molar-refractivity contribution >= 4 is 29.2 Å². The molecule has 1 aliphatic heterocycles. The molecule has 0 spiro atoms. The second kappa shape index (κ2) is 9.82. The predicted octanol–water partition coefficient (Wildman–Crippen LogP) is 3.65. The van der Waals surface area contributed by atoms with Crippen molar-refractivity contribution in [3.05, 3.63) is 64.4 Å². The van der Waals surface area contributed by atoms with Crippen molar-refractivity contribution in [2.24, 2.45) is 0 Å². The fourth-order valence-electron chi connectivity index (χ4n) is 3.10. The van der Waals surface area contributed by atoms with E-state index in [0.29, 0.717) is 35.2 Å². The molecule has 2 aromatic carbocycles. The van der Waals surface area contributed by atoms with Crippen molar-refractivity contribution in [3.8, 4) is 11.5 Å². The van der Waals surface area contributed by atoms with Gasteiger partial charge < -0.3 is 29.6 Å². The van der Waals surface area contributed by atoms with Gasteiger partial charge in [-0.15, -0.1) is 0 Å². The lowest BCUT2D eigenvalue weighted by atomic mass is 10.1. The molecule has 1 fully saturated rings. The highest BCUT2D eigenvalue weighted by Crippen LogP contribution is 2.28. The lowest BCUT2D eigenvalue weighted by Crippen LogP contribution is -2.44.